The molecule has 0 bridgehead atoms. The van der Waals surface area contributed by atoms with Crippen LogP contribution in [-0.2, 0) is 14.4 Å². The summed E-state index contributed by atoms with van der Waals surface area (Å²) in [5.74, 6) is 1.00. The number of likely N-dealkylation sites (tertiary alicyclic amines) is 1. The molecule has 5 heteroatoms. The quantitative estimate of drug-likeness (QED) is 0.672. The zero-order valence-corrected chi connectivity index (χ0v) is 13.0. The number of hydrogen-bond acceptors (Lipinski definition) is 4. The summed E-state index contributed by atoms with van der Waals surface area (Å²) in [6.07, 6.45) is 0.760. The lowest BCUT2D eigenvalue weighted by molar-refractivity contribution is -0.138. The van der Waals surface area contributed by atoms with E-state index in [2.05, 4.69) is 0 Å². The summed E-state index contributed by atoms with van der Waals surface area (Å²) >= 11 is 1.44. The van der Waals surface area contributed by atoms with Gasteiger partial charge >= 0.3 is 0 Å². The number of amides is 2. The Hall–Kier alpha value is -0.840. The van der Waals surface area contributed by atoms with E-state index in [4.69, 9.17) is 0 Å². The van der Waals surface area contributed by atoms with Crippen LogP contribution >= 0.6 is 11.8 Å². The van der Waals surface area contributed by atoms with Crippen LogP contribution in [0.3, 0.4) is 0 Å². The minimum atomic E-state index is -0.286. The van der Waals surface area contributed by atoms with E-state index in [1.165, 1.54) is 16.7 Å². The molecule has 1 unspecified atom stereocenters. The van der Waals surface area contributed by atoms with Crippen molar-refractivity contribution in [2.24, 2.45) is 11.8 Å². The fourth-order valence-corrected chi connectivity index (χ4v) is 3.06. The van der Waals surface area contributed by atoms with Gasteiger partial charge in [0.05, 0.1) is 5.25 Å². The molecular formula is C14H23NO3S. The maximum atomic E-state index is 12.1. The molecule has 1 rings (SSSR count). The lowest BCUT2D eigenvalue weighted by atomic mass is 10.1. The van der Waals surface area contributed by atoms with Crippen LogP contribution in [0.1, 0.15) is 40.5 Å². The molecule has 0 spiro atoms. The normalized spacial score (nSPS) is 19.9. The highest BCUT2D eigenvalue weighted by Gasteiger charge is 2.38. The monoisotopic (exact) mass is 285 g/mol. The second kappa shape index (κ2) is 7.08. The lowest BCUT2D eigenvalue weighted by Crippen LogP contribution is -2.34. The smallest absolute Gasteiger partial charge is 0.242 e. The molecule has 1 heterocycles. The van der Waals surface area contributed by atoms with Crippen LogP contribution in [0, 0.1) is 11.8 Å². The van der Waals surface area contributed by atoms with Crippen molar-refractivity contribution in [1.29, 1.82) is 0 Å². The molecule has 1 saturated heterocycles. The van der Waals surface area contributed by atoms with Gasteiger partial charge in [-0.3, -0.25) is 19.3 Å². The lowest BCUT2D eigenvalue weighted by Gasteiger charge is -2.16. The minimum Gasteiger partial charge on any atom is -0.299 e. The predicted octanol–water partition coefficient (Wildman–Crippen LogP) is 2.12. The fourth-order valence-electron chi connectivity index (χ4n) is 1.93. The SMILES string of the molecule is CC(C)CN1C(=O)CC(SCCC(=O)C(C)C)C1=O. The molecular weight excluding hydrogens is 262 g/mol. The van der Waals surface area contributed by atoms with E-state index in [9.17, 15) is 14.4 Å². The first-order valence-electron chi connectivity index (χ1n) is 6.81. The first-order valence-corrected chi connectivity index (χ1v) is 7.86. The topological polar surface area (TPSA) is 54.5 Å². The Morgan fingerprint density at radius 3 is 2.47 bits per heavy atom. The third-order valence-electron chi connectivity index (χ3n) is 3.06. The number of Topliss-reactive ketones (excluding diaryl/α,β-unsaturated/α-hetero) is 1. The maximum absolute atomic E-state index is 12.1. The van der Waals surface area contributed by atoms with Crippen LogP contribution in [0.25, 0.3) is 0 Å². The zero-order valence-electron chi connectivity index (χ0n) is 12.1. The number of imide groups is 1. The van der Waals surface area contributed by atoms with Crippen molar-refractivity contribution in [1.82, 2.24) is 4.90 Å². The predicted molar refractivity (Wildman–Crippen MR) is 76.9 cm³/mol. The minimum absolute atomic E-state index is 0.0407. The van der Waals surface area contributed by atoms with Crippen LogP contribution in [0.15, 0.2) is 0 Å². The summed E-state index contributed by atoms with van der Waals surface area (Å²) in [7, 11) is 0. The Balaban J connectivity index is 2.42. The Morgan fingerprint density at radius 2 is 1.95 bits per heavy atom. The second-order valence-corrected chi connectivity index (χ2v) is 6.98. The molecule has 0 aromatic carbocycles. The number of ketones is 1. The standard InChI is InChI=1S/C14H23NO3S/c1-9(2)8-15-13(17)7-12(14(15)18)19-6-5-11(16)10(3)4/h9-10,12H,5-8H2,1-4H3. The van der Waals surface area contributed by atoms with Crippen molar-refractivity contribution >= 4 is 29.4 Å². The highest BCUT2D eigenvalue weighted by molar-refractivity contribution is 8.00. The van der Waals surface area contributed by atoms with E-state index in [0.29, 0.717) is 24.6 Å². The Labute approximate surface area is 119 Å². The van der Waals surface area contributed by atoms with Crippen molar-refractivity contribution in [3.8, 4) is 0 Å². The largest absolute Gasteiger partial charge is 0.299 e. The van der Waals surface area contributed by atoms with E-state index in [0.717, 1.165) is 0 Å². The number of thioether (sulfide) groups is 1. The summed E-state index contributed by atoms with van der Waals surface area (Å²) < 4.78 is 0. The molecule has 2 amide bonds. The van der Waals surface area contributed by atoms with Crippen molar-refractivity contribution in [3.05, 3.63) is 0 Å². The van der Waals surface area contributed by atoms with Gasteiger partial charge in [-0.15, -0.1) is 11.8 Å². The third-order valence-corrected chi connectivity index (χ3v) is 4.27. The molecule has 1 fully saturated rings. The summed E-state index contributed by atoms with van der Waals surface area (Å²) in [4.78, 5) is 36.7. The maximum Gasteiger partial charge on any atom is 0.242 e. The molecule has 1 aliphatic rings. The van der Waals surface area contributed by atoms with Gasteiger partial charge < -0.3 is 0 Å². The van der Waals surface area contributed by atoms with Gasteiger partial charge in [0.1, 0.15) is 5.78 Å². The Kier molecular flexibility index (Phi) is 6.04. The van der Waals surface area contributed by atoms with Crippen molar-refractivity contribution in [2.75, 3.05) is 12.3 Å². The van der Waals surface area contributed by atoms with Gasteiger partial charge in [0, 0.05) is 31.1 Å². The molecule has 0 aromatic heterocycles. The van der Waals surface area contributed by atoms with Gasteiger partial charge in [0.2, 0.25) is 11.8 Å². The van der Waals surface area contributed by atoms with Crippen LogP contribution in [0.4, 0.5) is 0 Å². The van der Waals surface area contributed by atoms with Gasteiger partial charge in [0.25, 0.3) is 0 Å². The molecule has 0 N–H and O–H groups in total. The van der Waals surface area contributed by atoms with Crippen molar-refractivity contribution in [3.63, 3.8) is 0 Å². The summed E-state index contributed by atoms with van der Waals surface area (Å²) in [5, 5.41) is -0.286. The van der Waals surface area contributed by atoms with Gasteiger partial charge in [-0.25, -0.2) is 0 Å². The molecule has 0 aliphatic carbocycles. The molecule has 4 nitrogen and oxygen atoms in total. The molecule has 19 heavy (non-hydrogen) atoms. The molecule has 0 saturated carbocycles. The summed E-state index contributed by atoms with van der Waals surface area (Å²) in [6.45, 7) is 8.23. The molecule has 1 aliphatic heterocycles. The number of hydrogen-bond donors (Lipinski definition) is 0. The first-order chi connectivity index (χ1) is 8.82. The third kappa shape index (κ3) is 4.64. The van der Waals surface area contributed by atoms with Gasteiger partial charge in [-0.1, -0.05) is 27.7 Å². The van der Waals surface area contributed by atoms with E-state index < -0.39 is 0 Å². The van der Waals surface area contributed by atoms with Gasteiger partial charge in [-0.2, -0.15) is 0 Å². The van der Waals surface area contributed by atoms with Crippen LogP contribution < -0.4 is 0 Å². The summed E-state index contributed by atoms with van der Waals surface area (Å²) in [6, 6.07) is 0. The fraction of sp³-hybridized carbons (Fsp3) is 0.786. The first kappa shape index (κ1) is 16.2. The van der Waals surface area contributed by atoms with E-state index in [-0.39, 0.29) is 35.2 Å². The zero-order chi connectivity index (χ0) is 14.6. The van der Waals surface area contributed by atoms with E-state index in [1.54, 1.807) is 0 Å². The number of carbonyl (C=O) groups is 3. The molecule has 108 valence electrons. The van der Waals surface area contributed by atoms with Crippen LogP contribution in [0.2, 0.25) is 0 Å². The van der Waals surface area contributed by atoms with Gasteiger partial charge in [-0.05, 0) is 5.92 Å². The Bertz CT molecular complexity index is 366. The number of carbonyl (C=O) groups excluding carboxylic acids is 3. The molecule has 1 atom stereocenters. The van der Waals surface area contributed by atoms with E-state index in [1.807, 2.05) is 27.7 Å². The average Bonchev–Trinajstić information content (AvgIpc) is 2.56. The highest BCUT2D eigenvalue weighted by atomic mass is 32.2. The number of rotatable bonds is 7. The van der Waals surface area contributed by atoms with E-state index >= 15 is 0 Å². The van der Waals surface area contributed by atoms with Gasteiger partial charge in [0.15, 0.2) is 0 Å². The summed E-state index contributed by atoms with van der Waals surface area (Å²) in [5.41, 5.74) is 0. The average molecular weight is 285 g/mol. The Morgan fingerprint density at radius 1 is 1.32 bits per heavy atom. The molecule has 0 aromatic rings. The second-order valence-electron chi connectivity index (χ2n) is 5.67. The van der Waals surface area contributed by atoms with Crippen molar-refractivity contribution < 1.29 is 14.4 Å². The highest BCUT2D eigenvalue weighted by Crippen LogP contribution is 2.26. The molecule has 0 radical (unpaired) electrons. The van der Waals surface area contributed by atoms with Crippen LogP contribution in [0.5, 0.6) is 0 Å². The van der Waals surface area contributed by atoms with Crippen molar-refractivity contribution in [2.45, 2.75) is 45.8 Å². The number of nitrogens with zero attached hydrogens (tertiary/aromatic N) is 1. The van der Waals surface area contributed by atoms with Crippen LogP contribution in [-0.4, -0.2) is 40.0 Å².